The zero-order chi connectivity index (χ0) is 22.6. The number of rotatable bonds is 7. The Balaban J connectivity index is 2.47. The van der Waals surface area contributed by atoms with Crippen molar-refractivity contribution in [2.24, 2.45) is 5.41 Å². The monoisotopic (exact) mass is 418 g/mol. The lowest BCUT2D eigenvalue weighted by molar-refractivity contribution is -0.0869. The van der Waals surface area contributed by atoms with Gasteiger partial charge in [0.05, 0.1) is 0 Å². The van der Waals surface area contributed by atoms with Gasteiger partial charge in [-0.05, 0) is 43.4 Å². The zero-order valence-electron chi connectivity index (χ0n) is 18.6. The molecule has 0 spiro atoms. The Bertz CT molecular complexity index is 853. The summed E-state index contributed by atoms with van der Waals surface area (Å²) in [6, 6.07) is 8.18. The van der Waals surface area contributed by atoms with Gasteiger partial charge in [0.2, 0.25) is 0 Å². The maximum atomic E-state index is 13.6. The Hall–Kier alpha value is -2.31. The minimum absolute atomic E-state index is 0.144. The van der Waals surface area contributed by atoms with E-state index < -0.39 is 23.8 Å². The Morgan fingerprint density at radius 2 is 1.57 bits per heavy atom. The maximum absolute atomic E-state index is 13.6. The van der Waals surface area contributed by atoms with Gasteiger partial charge < -0.3 is 5.11 Å². The molecule has 2 aromatic carbocycles. The molecular formula is C24H32F2N2O2. The third kappa shape index (κ3) is 6.09. The number of carbonyl (C=O) groups is 1. The molecule has 2 atom stereocenters. The second-order valence-electron chi connectivity index (χ2n) is 8.97. The van der Waals surface area contributed by atoms with Crippen LogP contribution in [0.3, 0.4) is 0 Å². The highest BCUT2D eigenvalue weighted by molar-refractivity contribution is 5.93. The van der Waals surface area contributed by atoms with Gasteiger partial charge in [0.15, 0.2) is 0 Å². The second kappa shape index (κ2) is 9.67. The van der Waals surface area contributed by atoms with E-state index >= 15 is 0 Å². The van der Waals surface area contributed by atoms with E-state index in [4.69, 9.17) is 0 Å². The molecule has 1 unspecified atom stereocenters. The molecule has 1 amide bonds. The van der Waals surface area contributed by atoms with Gasteiger partial charge in [-0.2, -0.15) is 5.01 Å². The van der Waals surface area contributed by atoms with Gasteiger partial charge in [0.1, 0.15) is 17.9 Å². The lowest BCUT2D eigenvalue weighted by atomic mass is 9.83. The highest BCUT2D eigenvalue weighted by Gasteiger charge is 2.35. The van der Waals surface area contributed by atoms with Crippen LogP contribution in [0.1, 0.15) is 73.8 Å². The number of aliphatic hydroxyl groups excluding tert-OH is 1. The predicted octanol–water partition coefficient (Wildman–Crippen LogP) is 5.43. The van der Waals surface area contributed by atoms with Crippen LogP contribution in [0.15, 0.2) is 36.4 Å². The fraction of sp³-hybridized carbons (Fsp3) is 0.458. The van der Waals surface area contributed by atoms with Crippen LogP contribution >= 0.6 is 0 Å². The average Bonchev–Trinajstić information content (AvgIpc) is 2.61. The summed E-state index contributed by atoms with van der Waals surface area (Å²) < 4.78 is 27.2. The van der Waals surface area contributed by atoms with Gasteiger partial charge in [-0.1, -0.05) is 63.4 Å². The van der Waals surface area contributed by atoms with Crippen LogP contribution < -0.4 is 5.43 Å². The normalized spacial score (nSPS) is 13.9. The topological polar surface area (TPSA) is 52.6 Å². The molecule has 164 valence electrons. The highest BCUT2D eigenvalue weighted by atomic mass is 19.1. The summed E-state index contributed by atoms with van der Waals surface area (Å²) in [4.78, 5) is 12.9. The van der Waals surface area contributed by atoms with Crippen molar-refractivity contribution in [2.45, 2.75) is 66.7 Å². The van der Waals surface area contributed by atoms with E-state index in [9.17, 15) is 18.7 Å². The fourth-order valence-corrected chi connectivity index (χ4v) is 3.76. The molecule has 0 heterocycles. The quantitative estimate of drug-likeness (QED) is 0.465. The molecule has 30 heavy (non-hydrogen) atoms. The number of hydrogen-bond acceptors (Lipinski definition) is 3. The standard InChI is InChI=1S/C24H32F2N2O2/c1-7-8-21(24(4,5)6)28(23(30)18-10-15(2)9-16(3)11-18)27-22(29)17-12-19(25)14-20(26)13-17/h9-14,21,23,30H,7-8H2,1-6H3,(H,27,29)/t21-,23?/m1/s1. The highest BCUT2D eigenvalue weighted by Crippen LogP contribution is 2.32. The Morgan fingerprint density at radius 3 is 2.03 bits per heavy atom. The fourth-order valence-electron chi connectivity index (χ4n) is 3.76. The summed E-state index contributed by atoms with van der Waals surface area (Å²) in [7, 11) is 0. The largest absolute Gasteiger partial charge is 0.372 e. The lowest BCUT2D eigenvalue weighted by Crippen LogP contribution is -2.55. The molecular weight excluding hydrogens is 386 g/mol. The number of aliphatic hydroxyl groups is 1. The second-order valence-corrected chi connectivity index (χ2v) is 8.97. The van der Waals surface area contributed by atoms with Crippen LogP contribution in [-0.2, 0) is 0 Å². The van der Waals surface area contributed by atoms with E-state index in [0.717, 1.165) is 29.7 Å². The summed E-state index contributed by atoms with van der Waals surface area (Å²) in [5.41, 5.74) is 4.93. The van der Waals surface area contributed by atoms with E-state index in [-0.39, 0.29) is 17.0 Å². The predicted molar refractivity (Wildman–Crippen MR) is 115 cm³/mol. The van der Waals surface area contributed by atoms with E-state index in [1.54, 1.807) is 0 Å². The number of carbonyl (C=O) groups excluding carboxylic acids is 1. The Labute approximate surface area is 177 Å². The van der Waals surface area contributed by atoms with Gasteiger partial charge in [-0.3, -0.25) is 10.2 Å². The van der Waals surface area contributed by atoms with Crippen LogP contribution in [0.25, 0.3) is 0 Å². The number of benzene rings is 2. The molecule has 0 bridgehead atoms. The van der Waals surface area contributed by atoms with Crippen LogP contribution in [0.5, 0.6) is 0 Å². The van der Waals surface area contributed by atoms with Gasteiger partial charge in [0, 0.05) is 17.7 Å². The van der Waals surface area contributed by atoms with Gasteiger partial charge in [-0.15, -0.1) is 0 Å². The van der Waals surface area contributed by atoms with Crippen molar-refractivity contribution in [3.63, 3.8) is 0 Å². The third-order valence-corrected chi connectivity index (χ3v) is 5.06. The molecule has 0 saturated carbocycles. The molecule has 0 saturated heterocycles. The smallest absolute Gasteiger partial charge is 0.265 e. The van der Waals surface area contributed by atoms with E-state index in [1.807, 2.05) is 59.7 Å². The number of nitrogens with one attached hydrogen (secondary N) is 1. The summed E-state index contributed by atoms with van der Waals surface area (Å²) in [6.45, 7) is 12.0. The minimum Gasteiger partial charge on any atom is -0.372 e. The molecule has 6 heteroatoms. The first-order chi connectivity index (χ1) is 13.9. The molecule has 2 aromatic rings. The van der Waals surface area contributed by atoms with Crippen LogP contribution in [0.2, 0.25) is 0 Å². The van der Waals surface area contributed by atoms with Gasteiger partial charge in [0.25, 0.3) is 5.91 Å². The van der Waals surface area contributed by atoms with E-state index in [0.29, 0.717) is 18.1 Å². The molecule has 2 N–H and O–H groups in total. The van der Waals surface area contributed by atoms with Crippen LogP contribution in [0.4, 0.5) is 8.78 Å². The SMILES string of the molecule is CCC[C@@H](N(NC(=O)c1cc(F)cc(F)c1)C(O)c1cc(C)cc(C)c1)C(C)(C)C. The van der Waals surface area contributed by atoms with Crippen molar-refractivity contribution in [3.8, 4) is 0 Å². The summed E-state index contributed by atoms with van der Waals surface area (Å²) in [5, 5.41) is 12.8. The van der Waals surface area contributed by atoms with Crippen molar-refractivity contribution in [1.82, 2.24) is 10.4 Å². The molecule has 0 aliphatic rings. The molecule has 0 aliphatic heterocycles. The molecule has 2 rings (SSSR count). The average molecular weight is 419 g/mol. The van der Waals surface area contributed by atoms with Gasteiger partial charge >= 0.3 is 0 Å². The summed E-state index contributed by atoms with van der Waals surface area (Å²) in [6.07, 6.45) is 0.424. The van der Waals surface area contributed by atoms with Crippen molar-refractivity contribution >= 4 is 5.91 Å². The Morgan fingerprint density at radius 1 is 1.03 bits per heavy atom. The maximum Gasteiger partial charge on any atom is 0.265 e. The summed E-state index contributed by atoms with van der Waals surface area (Å²) >= 11 is 0. The number of amides is 1. The Kier molecular flexibility index (Phi) is 7.72. The first kappa shape index (κ1) is 24.0. The molecule has 0 aromatic heterocycles. The van der Waals surface area contributed by atoms with Crippen molar-refractivity contribution in [2.75, 3.05) is 0 Å². The number of hydrazine groups is 1. The lowest BCUT2D eigenvalue weighted by Gasteiger charge is -2.42. The van der Waals surface area contributed by atoms with Crippen LogP contribution in [0, 0.1) is 30.9 Å². The van der Waals surface area contributed by atoms with Crippen molar-refractivity contribution in [1.29, 1.82) is 0 Å². The molecule has 0 fully saturated rings. The van der Waals surface area contributed by atoms with E-state index in [1.165, 1.54) is 5.01 Å². The molecule has 0 radical (unpaired) electrons. The number of hydrogen-bond donors (Lipinski definition) is 2. The number of nitrogens with zero attached hydrogens (tertiary/aromatic N) is 1. The first-order valence-corrected chi connectivity index (χ1v) is 10.2. The number of halogens is 2. The third-order valence-electron chi connectivity index (χ3n) is 5.06. The van der Waals surface area contributed by atoms with Gasteiger partial charge in [-0.25, -0.2) is 8.78 Å². The number of aryl methyl sites for hydroxylation is 2. The summed E-state index contributed by atoms with van der Waals surface area (Å²) in [5.74, 6) is -2.34. The van der Waals surface area contributed by atoms with Crippen LogP contribution in [-0.4, -0.2) is 22.1 Å². The molecule has 4 nitrogen and oxygen atoms in total. The van der Waals surface area contributed by atoms with Crippen molar-refractivity contribution < 1.29 is 18.7 Å². The van der Waals surface area contributed by atoms with E-state index in [2.05, 4.69) is 5.43 Å². The molecule has 0 aliphatic carbocycles. The minimum atomic E-state index is -1.12. The first-order valence-electron chi connectivity index (χ1n) is 10.2. The van der Waals surface area contributed by atoms with Crippen molar-refractivity contribution in [3.05, 3.63) is 70.3 Å². The zero-order valence-corrected chi connectivity index (χ0v) is 18.6.